The van der Waals surface area contributed by atoms with Crippen LogP contribution >= 0.6 is 24.0 Å². The van der Waals surface area contributed by atoms with E-state index >= 15 is 0 Å². The Morgan fingerprint density at radius 3 is 2.76 bits per heavy atom. The van der Waals surface area contributed by atoms with E-state index in [0.29, 0.717) is 0 Å². The summed E-state index contributed by atoms with van der Waals surface area (Å²) in [6.45, 7) is 4.88. The van der Waals surface area contributed by atoms with Crippen LogP contribution in [0.15, 0.2) is 60.8 Å². The number of rotatable bonds is 3. The molecule has 0 amide bonds. The lowest BCUT2D eigenvalue weighted by atomic mass is 10.1. The lowest BCUT2D eigenvalue weighted by molar-refractivity contribution is 0.724. The quantitative estimate of drug-likeness (QED) is 0.493. The number of pyridine rings is 1. The van der Waals surface area contributed by atoms with Gasteiger partial charge in [0, 0.05) is 48.2 Å². The van der Waals surface area contributed by atoms with Crippen molar-refractivity contribution in [3.63, 3.8) is 0 Å². The highest BCUT2D eigenvalue weighted by molar-refractivity contribution is 6.30. The molecule has 1 saturated heterocycles. The number of hydrogen-bond acceptors (Lipinski definition) is 3. The van der Waals surface area contributed by atoms with Gasteiger partial charge in [-0.25, -0.2) is 4.98 Å². The van der Waals surface area contributed by atoms with E-state index in [1.165, 1.54) is 21.9 Å². The summed E-state index contributed by atoms with van der Waals surface area (Å²) in [5.41, 5.74) is 3.50. The van der Waals surface area contributed by atoms with Crippen molar-refractivity contribution in [3.8, 4) is 0 Å². The van der Waals surface area contributed by atoms with E-state index in [2.05, 4.69) is 57.4 Å². The Kier molecular flexibility index (Phi) is 5.95. The fourth-order valence-corrected chi connectivity index (χ4v) is 4.37. The summed E-state index contributed by atoms with van der Waals surface area (Å²) < 4.78 is 2.32. The van der Waals surface area contributed by atoms with Gasteiger partial charge in [0.25, 0.3) is 0 Å². The maximum atomic E-state index is 6.21. The molecule has 1 aliphatic rings. The summed E-state index contributed by atoms with van der Waals surface area (Å²) in [4.78, 5) is 7.50. The topological polar surface area (TPSA) is 33.1 Å². The molecule has 0 unspecified atom stereocenters. The van der Waals surface area contributed by atoms with Crippen molar-refractivity contribution in [3.05, 3.63) is 71.4 Å². The first-order chi connectivity index (χ1) is 13.8. The van der Waals surface area contributed by atoms with Gasteiger partial charge in [0.05, 0.1) is 11.0 Å². The molecule has 150 valence electrons. The highest BCUT2D eigenvalue weighted by Crippen LogP contribution is 2.33. The lowest BCUT2D eigenvalue weighted by Crippen LogP contribution is -2.28. The van der Waals surface area contributed by atoms with Crippen LogP contribution in [-0.4, -0.2) is 35.7 Å². The number of fused-ring (bicyclic) bond motifs is 3. The van der Waals surface area contributed by atoms with Crippen molar-refractivity contribution >= 4 is 51.6 Å². The maximum Gasteiger partial charge on any atom is 0.138 e. The maximum absolute atomic E-state index is 6.21. The first-order valence-electron chi connectivity index (χ1n) is 9.87. The number of benzene rings is 2. The molecule has 0 spiro atoms. The molecule has 0 aliphatic carbocycles. The van der Waals surface area contributed by atoms with E-state index in [9.17, 15) is 0 Å². The summed E-state index contributed by atoms with van der Waals surface area (Å²) >= 11 is 6.21. The second-order valence-electron chi connectivity index (χ2n) is 7.38. The van der Waals surface area contributed by atoms with Crippen LogP contribution in [0, 0.1) is 0 Å². The van der Waals surface area contributed by atoms with Crippen LogP contribution in [0.5, 0.6) is 0 Å². The molecule has 1 fully saturated rings. The van der Waals surface area contributed by atoms with Crippen molar-refractivity contribution in [1.29, 1.82) is 0 Å². The number of para-hydroxylation sites is 1. The average molecular weight is 427 g/mol. The molecule has 1 aliphatic heterocycles. The largest absolute Gasteiger partial charge is 0.355 e. The fraction of sp³-hybridized carbons (Fsp3) is 0.261. The third kappa shape index (κ3) is 3.93. The molecule has 4 nitrogen and oxygen atoms in total. The predicted molar refractivity (Wildman–Crippen MR) is 125 cm³/mol. The molecule has 0 radical (unpaired) electrons. The standard InChI is InChI=1S/C23H23ClN4.ClH/c24-18-6-3-5-17(15-18)16-28-13-9-20-22(28)19-7-1-2-8-21(19)26-23(20)27-12-4-10-25-11-14-27;/h1-3,5-9,13,15,25H,4,10-12,14,16H2;1H. The summed E-state index contributed by atoms with van der Waals surface area (Å²) in [7, 11) is 0. The minimum absolute atomic E-state index is 0. The number of anilines is 1. The van der Waals surface area contributed by atoms with Gasteiger partial charge in [-0.05, 0) is 42.8 Å². The van der Waals surface area contributed by atoms with Crippen LogP contribution in [0.4, 0.5) is 5.82 Å². The molecular formula is C23H24Cl2N4. The van der Waals surface area contributed by atoms with Crippen molar-refractivity contribution in [2.75, 3.05) is 31.1 Å². The molecule has 29 heavy (non-hydrogen) atoms. The van der Waals surface area contributed by atoms with Gasteiger partial charge < -0.3 is 14.8 Å². The van der Waals surface area contributed by atoms with E-state index in [1.807, 2.05) is 18.2 Å². The number of aromatic nitrogens is 2. The molecular weight excluding hydrogens is 403 g/mol. The van der Waals surface area contributed by atoms with Gasteiger partial charge in [0.2, 0.25) is 0 Å². The van der Waals surface area contributed by atoms with Crippen molar-refractivity contribution in [2.24, 2.45) is 0 Å². The van der Waals surface area contributed by atoms with Gasteiger partial charge in [-0.3, -0.25) is 0 Å². The van der Waals surface area contributed by atoms with Gasteiger partial charge in [-0.2, -0.15) is 0 Å². The zero-order valence-corrected chi connectivity index (χ0v) is 17.7. The predicted octanol–water partition coefficient (Wildman–Crippen LogP) is 5.11. The van der Waals surface area contributed by atoms with Crippen molar-refractivity contribution in [1.82, 2.24) is 14.9 Å². The Morgan fingerprint density at radius 2 is 1.86 bits per heavy atom. The Hall–Kier alpha value is -2.27. The zero-order valence-electron chi connectivity index (χ0n) is 16.1. The molecule has 6 heteroatoms. The van der Waals surface area contributed by atoms with Gasteiger partial charge in [0.1, 0.15) is 5.82 Å². The normalized spacial score (nSPS) is 14.7. The Balaban J connectivity index is 0.00000205. The number of halogens is 2. The summed E-state index contributed by atoms with van der Waals surface area (Å²) in [6, 6.07) is 18.8. The molecule has 5 rings (SSSR count). The molecule has 2 aromatic heterocycles. The van der Waals surface area contributed by atoms with E-state index < -0.39 is 0 Å². The number of nitrogens with zero attached hydrogens (tertiary/aromatic N) is 3. The third-order valence-electron chi connectivity index (χ3n) is 5.47. The van der Waals surface area contributed by atoms with Crippen LogP contribution in [-0.2, 0) is 6.54 Å². The van der Waals surface area contributed by atoms with Crippen LogP contribution in [0.3, 0.4) is 0 Å². The summed E-state index contributed by atoms with van der Waals surface area (Å²) in [5.74, 6) is 1.10. The molecule has 2 aromatic carbocycles. The van der Waals surface area contributed by atoms with Crippen LogP contribution < -0.4 is 10.2 Å². The third-order valence-corrected chi connectivity index (χ3v) is 5.71. The highest BCUT2D eigenvalue weighted by atomic mass is 35.5. The monoisotopic (exact) mass is 426 g/mol. The molecule has 0 bridgehead atoms. The summed E-state index contributed by atoms with van der Waals surface area (Å²) in [5, 5.41) is 6.68. The van der Waals surface area contributed by atoms with Crippen molar-refractivity contribution in [2.45, 2.75) is 13.0 Å². The Morgan fingerprint density at radius 1 is 0.966 bits per heavy atom. The minimum Gasteiger partial charge on any atom is -0.355 e. The smallest absolute Gasteiger partial charge is 0.138 e. The van der Waals surface area contributed by atoms with E-state index in [1.54, 1.807) is 0 Å². The van der Waals surface area contributed by atoms with E-state index in [4.69, 9.17) is 16.6 Å². The Bertz CT molecular complexity index is 1130. The van der Waals surface area contributed by atoms with Gasteiger partial charge >= 0.3 is 0 Å². The van der Waals surface area contributed by atoms with Gasteiger partial charge in [-0.15, -0.1) is 12.4 Å². The molecule has 0 atom stereocenters. The number of nitrogens with one attached hydrogen (secondary N) is 1. The zero-order chi connectivity index (χ0) is 18.9. The lowest BCUT2D eigenvalue weighted by Gasteiger charge is -2.23. The van der Waals surface area contributed by atoms with Gasteiger partial charge in [-0.1, -0.05) is 41.9 Å². The van der Waals surface area contributed by atoms with Crippen molar-refractivity contribution < 1.29 is 0 Å². The van der Waals surface area contributed by atoms with Crippen LogP contribution in [0.2, 0.25) is 5.02 Å². The fourth-order valence-electron chi connectivity index (χ4n) is 4.16. The van der Waals surface area contributed by atoms with E-state index in [-0.39, 0.29) is 12.4 Å². The Labute approximate surface area is 181 Å². The molecule has 1 N–H and O–H groups in total. The number of hydrogen-bond donors (Lipinski definition) is 1. The second-order valence-corrected chi connectivity index (χ2v) is 7.82. The first-order valence-corrected chi connectivity index (χ1v) is 10.2. The molecule has 3 heterocycles. The minimum atomic E-state index is 0. The second kappa shape index (κ2) is 8.62. The first kappa shape index (κ1) is 20.0. The summed E-state index contributed by atoms with van der Waals surface area (Å²) in [6.07, 6.45) is 3.32. The molecule has 0 saturated carbocycles. The average Bonchev–Trinajstić information content (AvgIpc) is 2.94. The van der Waals surface area contributed by atoms with E-state index in [0.717, 1.165) is 55.5 Å². The molecule has 4 aromatic rings. The van der Waals surface area contributed by atoms with Crippen LogP contribution in [0.1, 0.15) is 12.0 Å². The highest BCUT2D eigenvalue weighted by Gasteiger charge is 2.18. The van der Waals surface area contributed by atoms with Crippen LogP contribution in [0.25, 0.3) is 21.8 Å². The SMILES string of the molecule is Cl.Clc1cccc(Cn2ccc3c(N4CCCNCC4)nc4ccccc4c32)c1. The van der Waals surface area contributed by atoms with Gasteiger partial charge in [0.15, 0.2) is 0 Å².